The molecule has 2 amide bonds. The van der Waals surface area contributed by atoms with Crippen LogP contribution in [-0.2, 0) is 11.3 Å². The highest BCUT2D eigenvalue weighted by molar-refractivity contribution is 5.98. The Morgan fingerprint density at radius 1 is 1.28 bits per heavy atom. The molecule has 1 aliphatic rings. The lowest BCUT2D eigenvalue weighted by Crippen LogP contribution is -2.41. The molecule has 0 aromatic heterocycles. The fourth-order valence-electron chi connectivity index (χ4n) is 2.87. The van der Waals surface area contributed by atoms with Crippen LogP contribution in [0.2, 0.25) is 0 Å². The van der Waals surface area contributed by atoms with E-state index in [0.29, 0.717) is 19.5 Å². The number of carbonyl (C=O) groups is 2. The summed E-state index contributed by atoms with van der Waals surface area (Å²) in [7, 11) is 0. The number of phenolic OH excluding ortho intramolecular Hbond substituents is 1. The first kappa shape index (κ1) is 17.0. The number of amides is 2. The third-order valence-corrected chi connectivity index (χ3v) is 4.29. The van der Waals surface area contributed by atoms with Gasteiger partial charge < -0.3 is 15.3 Å². The van der Waals surface area contributed by atoms with Crippen molar-refractivity contribution in [2.24, 2.45) is 0 Å². The number of halogens is 1. The fraction of sp³-hybridized carbons (Fsp3) is 0.263. The summed E-state index contributed by atoms with van der Waals surface area (Å²) in [5.74, 6) is -1.91. The summed E-state index contributed by atoms with van der Waals surface area (Å²) < 4.78 is 13.8. The Balaban J connectivity index is 1.63. The van der Waals surface area contributed by atoms with Crippen LogP contribution in [0.4, 0.5) is 4.39 Å². The van der Waals surface area contributed by atoms with E-state index in [1.54, 1.807) is 4.90 Å². The van der Waals surface area contributed by atoms with E-state index in [2.05, 4.69) is 5.32 Å². The molecule has 0 bridgehead atoms. The lowest BCUT2D eigenvalue weighted by Gasteiger charge is -2.17. The van der Waals surface area contributed by atoms with Crippen molar-refractivity contribution >= 4 is 11.8 Å². The lowest BCUT2D eigenvalue weighted by atomic mass is 10.1. The van der Waals surface area contributed by atoms with Crippen LogP contribution in [0.3, 0.4) is 0 Å². The zero-order chi connectivity index (χ0) is 18.0. The van der Waals surface area contributed by atoms with E-state index in [9.17, 15) is 19.1 Å². The van der Waals surface area contributed by atoms with Crippen LogP contribution >= 0.6 is 0 Å². The first-order valence-electron chi connectivity index (χ1n) is 8.08. The third kappa shape index (κ3) is 3.79. The summed E-state index contributed by atoms with van der Waals surface area (Å²) >= 11 is 0. The highest BCUT2D eigenvalue weighted by Gasteiger charge is 2.33. The first-order chi connectivity index (χ1) is 11.9. The van der Waals surface area contributed by atoms with Crippen molar-refractivity contribution in [2.75, 3.05) is 6.54 Å². The average molecular weight is 342 g/mol. The smallest absolute Gasteiger partial charge is 0.254 e. The molecule has 1 fully saturated rings. The number of phenols is 1. The Morgan fingerprint density at radius 3 is 2.68 bits per heavy atom. The Bertz CT molecular complexity index is 805. The van der Waals surface area contributed by atoms with E-state index in [1.807, 2.05) is 31.2 Å². The number of hydrogen-bond acceptors (Lipinski definition) is 3. The molecule has 2 aromatic rings. The van der Waals surface area contributed by atoms with Crippen LogP contribution in [0, 0.1) is 12.7 Å². The third-order valence-electron chi connectivity index (χ3n) is 4.29. The largest absolute Gasteiger partial charge is 0.508 e. The second-order valence-corrected chi connectivity index (χ2v) is 6.22. The predicted octanol–water partition coefficient (Wildman–Crippen LogP) is 2.37. The summed E-state index contributed by atoms with van der Waals surface area (Å²) in [6.07, 6.45) is 0.482. The van der Waals surface area contributed by atoms with E-state index >= 15 is 0 Å². The van der Waals surface area contributed by atoms with Gasteiger partial charge in [-0.25, -0.2) is 4.39 Å². The van der Waals surface area contributed by atoms with E-state index < -0.39 is 17.8 Å². The van der Waals surface area contributed by atoms with Crippen LogP contribution in [0.1, 0.15) is 27.9 Å². The van der Waals surface area contributed by atoms with Crippen LogP contribution in [0.25, 0.3) is 0 Å². The molecule has 5 nitrogen and oxygen atoms in total. The van der Waals surface area contributed by atoms with Crippen LogP contribution in [-0.4, -0.2) is 34.4 Å². The maximum Gasteiger partial charge on any atom is 0.254 e. The summed E-state index contributed by atoms with van der Waals surface area (Å²) in [5.41, 5.74) is 1.98. The topological polar surface area (TPSA) is 69.6 Å². The van der Waals surface area contributed by atoms with Gasteiger partial charge in [0.2, 0.25) is 5.91 Å². The van der Waals surface area contributed by atoms with Gasteiger partial charge in [0.15, 0.2) is 0 Å². The molecule has 130 valence electrons. The number of benzene rings is 2. The van der Waals surface area contributed by atoms with Crippen molar-refractivity contribution in [3.63, 3.8) is 0 Å². The van der Waals surface area contributed by atoms with Crippen molar-refractivity contribution in [1.82, 2.24) is 10.2 Å². The van der Waals surface area contributed by atoms with Crippen molar-refractivity contribution in [3.8, 4) is 5.75 Å². The van der Waals surface area contributed by atoms with Crippen LogP contribution in [0.5, 0.6) is 5.75 Å². The van der Waals surface area contributed by atoms with Crippen molar-refractivity contribution in [3.05, 3.63) is 65.0 Å². The molecule has 1 saturated heterocycles. The molecule has 1 heterocycles. The molecule has 3 rings (SSSR count). The molecule has 0 saturated carbocycles. The highest BCUT2D eigenvalue weighted by atomic mass is 19.1. The van der Waals surface area contributed by atoms with Gasteiger partial charge in [-0.2, -0.15) is 0 Å². The standard InChI is InChI=1S/C19H19FN2O3/c1-12-2-4-13(5-3-12)11-22-9-8-17(19(22)25)21-18(24)15-7-6-14(23)10-16(15)20/h2-7,10,17,23H,8-9,11H2,1H3,(H,21,24). The van der Waals surface area contributed by atoms with Gasteiger partial charge in [0, 0.05) is 19.2 Å². The average Bonchev–Trinajstić information content (AvgIpc) is 2.90. The first-order valence-corrected chi connectivity index (χ1v) is 8.08. The molecule has 1 aliphatic heterocycles. The van der Waals surface area contributed by atoms with Gasteiger partial charge in [0.05, 0.1) is 5.56 Å². The van der Waals surface area contributed by atoms with Crippen molar-refractivity contribution in [2.45, 2.75) is 25.9 Å². The molecule has 0 aliphatic carbocycles. The minimum absolute atomic E-state index is 0.173. The zero-order valence-corrected chi connectivity index (χ0v) is 13.8. The van der Waals surface area contributed by atoms with Gasteiger partial charge in [-0.3, -0.25) is 9.59 Å². The highest BCUT2D eigenvalue weighted by Crippen LogP contribution is 2.18. The number of aromatic hydroxyl groups is 1. The van der Waals surface area contributed by atoms with E-state index in [-0.39, 0.29) is 17.2 Å². The number of likely N-dealkylation sites (tertiary alicyclic amines) is 1. The monoisotopic (exact) mass is 342 g/mol. The van der Waals surface area contributed by atoms with Gasteiger partial charge in [0.25, 0.3) is 5.91 Å². The molecule has 25 heavy (non-hydrogen) atoms. The van der Waals surface area contributed by atoms with Crippen molar-refractivity contribution < 1.29 is 19.1 Å². The second kappa shape index (κ2) is 6.93. The second-order valence-electron chi connectivity index (χ2n) is 6.22. The Kier molecular flexibility index (Phi) is 4.70. The molecule has 2 N–H and O–H groups in total. The maximum absolute atomic E-state index is 13.8. The fourth-order valence-corrected chi connectivity index (χ4v) is 2.87. The Morgan fingerprint density at radius 2 is 2.00 bits per heavy atom. The summed E-state index contributed by atoms with van der Waals surface area (Å²) in [6.45, 7) is 3.02. The van der Waals surface area contributed by atoms with Gasteiger partial charge >= 0.3 is 0 Å². The predicted molar refractivity (Wildman–Crippen MR) is 90.5 cm³/mol. The Labute approximate surface area is 145 Å². The molecule has 0 spiro atoms. The molecule has 2 aromatic carbocycles. The number of nitrogens with zero attached hydrogens (tertiary/aromatic N) is 1. The quantitative estimate of drug-likeness (QED) is 0.896. The minimum atomic E-state index is -0.820. The normalized spacial score (nSPS) is 17.0. The summed E-state index contributed by atoms with van der Waals surface area (Å²) in [5, 5.41) is 11.8. The summed E-state index contributed by atoms with van der Waals surface area (Å²) in [6, 6.07) is 10.6. The van der Waals surface area contributed by atoms with Crippen LogP contribution < -0.4 is 5.32 Å². The lowest BCUT2D eigenvalue weighted by molar-refractivity contribution is -0.129. The zero-order valence-electron chi connectivity index (χ0n) is 13.8. The van der Waals surface area contributed by atoms with E-state index in [0.717, 1.165) is 17.2 Å². The van der Waals surface area contributed by atoms with E-state index in [4.69, 9.17) is 0 Å². The summed E-state index contributed by atoms with van der Waals surface area (Å²) in [4.78, 5) is 26.3. The molecule has 6 heteroatoms. The van der Waals surface area contributed by atoms with Gasteiger partial charge in [-0.1, -0.05) is 29.8 Å². The minimum Gasteiger partial charge on any atom is -0.508 e. The number of rotatable bonds is 4. The number of hydrogen-bond donors (Lipinski definition) is 2. The number of nitrogens with one attached hydrogen (secondary N) is 1. The molecular formula is C19H19FN2O3. The molecular weight excluding hydrogens is 323 g/mol. The number of aryl methyl sites for hydroxylation is 1. The van der Waals surface area contributed by atoms with Crippen LogP contribution in [0.15, 0.2) is 42.5 Å². The van der Waals surface area contributed by atoms with Gasteiger partial charge in [-0.15, -0.1) is 0 Å². The van der Waals surface area contributed by atoms with E-state index in [1.165, 1.54) is 12.1 Å². The molecule has 0 radical (unpaired) electrons. The van der Waals surface area contributed by atoms with Gasteiger partial charge in [-0.05, 0) is 31.0 Å². The maximum atomic E-state index is 13.8. The van der Waals surface area contributed by atoms with Gasteiger partial charge in [0.1, 0.15) is 17.6 Å². The molecule has 1 atom stereocenters. The van der Waals surface area contributed by atoms with Crippen molar-refractivity contribution in [1.29, 1.82) is 0 Å². The SMILES string of the molecule is Cc1ccc(CN2CCC(NC(=O)c3ccc(O)cc3F)C2=O)cc1. The Hall–Kier alpha value is -2.89. The molecule has 1 unspecified atom stereocenters. The number of carbonyl (C=O) groups excluding carboxylic acids is 2.